The Balaban J connectivity index is 2.21. The first-order valence-corrected chi connectivity index (χ1v) is 10.6. The molecule has 0 aliphatic carbocycles. The number of hydrogen-bond donors (Lipinski definition) is 2. The molecule has 0 bridgehead atoms. The Hall–Kier alpha value is -3.69. The molecular weight excluding hydrogens is 428 g/mol. The van der Waals surface area contributed by atoms with Gasteiger partial charge in [-0.25, -0.2) is 9.59 Å². The summed E-state index contributed by atoms with van der Waals surface area (Å²) in [5.41, 5.74) is 4.43. The number of rotatable bonds is 9. The number of anilines is 1. The normalized spacial score (nSPS) is 12.0. The van der Waals surface area contributed by atoms with Crippen molar-refractivity contribution >= 4 is 23.5 Å². The molecule has 1 atom stereocenters. The number of benzene rings is 1. The zero-order valence-electron chi connectivity index (χ0n) is 19.5. The smallest absolute Gasteiger partial charge is 0.332 e. The van der Waals surface area contributed by atoms with Crippen molar-refractivity contribution in [3.63, 3.8) is 0 Å². The van der Waals surface area contributed by atoms with E-state index in [1.807, 2.05) is 13.8 Å². The standard InChI is InChI=1S/C23H30N4O6/c1-13(2)11-27-19(24)17(21(30)26(5)23(27)32)16(28)12-33-22(31)18(14(3)4)25-20(29)15-9-7-6-8-10-15/h6-10,13-14,18H,11-12,24H2,1-5H3,(H,25,29). The van der Waals surface area contributed by atoms with Gasteiger partial charge in [-0.15, -0.1) is 0 Å². The second-order valence-electron chi connectivity index (χ2n) is 8.50. The summed E-state index contributed by atoms with van der Waals surface area (Å²) in [6.07, 6.45) is 0. The van der Waals surface area contributed by atoms with Crippen molar-refractivity contribution in [3.05, 3.63) is 62.3 Å². The third kappa shape index (κ3) is 5.97. The molecule has 1 amide bonds. The largest absolute Gasteiger partial charge is 0.456 e. The molecule has 0 aliphatic heterocycles. The molecule has 0 aliphatic rings. The summed E-state index contributed by atoms with van der Waals surface area (Å²) in [5.74, 6) is -2.69. The lowest BCUT2D eigenvalue weighted by molar-refractivity contribution is -0.145. The number of carbonyl (C=O) groups is 3. The number of ketones is 1. The van der Waals surface area contributed by atoms with Crippen LogP contribution in [-0.2, 0) is 23.1 Å². The number of nitrogen functional groups attached to an aromatic ring is 1. The second kappa shape index (κ2) is 10.8. The van der Waals surface area contributed by atoms with Crippen LogP contribution in [0.15, 0.2) is 39.9 Å². The highest BCUT2D eigenvalue weighted by atomic mass is 16.5. The van der Waals surface area contributed by atoms with Crippen LogP contribution in [0.5, 0.6) is 0 Å². The number of hydrogen-bond acceptors (Lipinski definition) is 7. The summed E-state index contributed by atoms with van der Waals surface area (Å²) in [4.78, 5) is 62.7. The van der Waals surface area contributed by atoms with Gasteiger partial charge in [0.25, 0.3) is 11.5 Å². The van der Waals surface area contributed by atoms with Crippen molar-refractivity contribution in [2.24, 2.45) is 18.9 Å². The van der Waals surface area contributed by atoms with Gasteiger partial charge in [-0.3, -0.25) is 23.5 Å². The average molecular weight is 459 g/mol. The van der Waals surface area contributed by atoms with Crippen LogP contribution in [0.4, 0.5) is 5.82 Å². The Morgan fingerprint density at radius 3 is 2.21 bits per heavy atom. The number of nitrogens with two attached hydrogens (primary N) is 1. The zero-order chi connectivity index (χ0) is 24.9. The maximum Gasteiger partial charge on any atom is 0.332 e. The zero-order valence-corrected chi connectivity index (χ0v) is 19.5. The first-order valence-electron chi connectivity index (χ1n) is 10.6. The van der Waals surface area contributed by atoms with Gasteiger partial charge in [-0.05, 0) is 24.0 Å². The fourth-order valence-corrected chi connectivity index (χ4v) is 3.20. The molecule has 0 spiro atoms. The van der Waals surface area contributed by atoms with E-state index in [0.29, 0.717) is 5.56 Å². The van der Waals surface area contributed by atoms with E-state index in [1.165, 1.54) is 7.05 Å². The van der Waals surface area contributed by atoms with Gasteiger partial charge in [0.1, 0.15) is 17.4 Å². The molecule has 1 aromatic carbocycles. The third-order valence-electron chi connectivity index (χ3n) is 5.00. The highest BCUT2D eigenvalue weighted by molar-refractivity contribution is 6.02. The predicted octanol–water partition coefficient (Wildman–Crippen LogP) is 0.966. The molecule has 10 nitrogen and oxygen atoms in total. The monoisotopic (exact) mass is 458 g/mol. The minimum absolute atomic E-state index is 0.0308. The molecule has 0 radical (unpaired) electrons. The number of esters is 1. The molecule has 0 fully saturated rings. The lowest BCUT2D eigenvalue weighted by Crippen LogP contribution is -2.46. The van der Waals surface area contributed by atoms with E-state index >= 15 is 0 Å². The second-order valence-corrected chi connectivity index (χ2v) is 8.50. The van der Waals surface area contributed by atoms with Gasteiger partial charge < -0.3 is 15.8 Å². The molecule has 0 saturated heterocycles. The lowest BCUT2D eigenvalue weighted by atomic mass is 10.0. The van der Waals surface area contributed by atoms with Crippen LogP contribution in [0.3, 0.4) is 0 Å². The van der Waals surface area contributed by atoms with E-state index < -0.39 is 47.1 Å². The van der Waals surface area contributed by atoms with Crippen LogP contribution in [0.2, 0.25) is 0 Å². The molecule has 1 unspecified atom stereocenters. The van der Waals surface area contributed by atoms with Gasteiger partial charge in [0, 0.05) is 19.2 Å². The number of ether oxygens (including phenoxy) is 1. The number of amides is 1. The van der Waals surface area contributed by atoms with Crippen LogP contribution in [0.25, 0.3) is 0 Å². The van der Waals surface area contributed by atoms with Crippen molar-refractivity contribution in [1.82, 2.24) is 14.5 Å². The molecule has 10 heteroatoms. The van der Waals surface area contributed by atoms with Crippen LogP contribution in [0.1, 0.15) is 48.4 Å². The van der Waals surface area contributed by atoms with E-state index in [4.69, 9.17) is 10.5 Å². The molecule has 1 heterocycles. The minimum Gasteiger partial charge on any atom is -0.456 e. The molecule has 33 heavy (non-hydrogen) atoms. The Morgan fingerprint density at radius 1 is 1.06 bits per heavy atom. The Kier molecular flexibility index (Phi) is 8.33. The van der Waals surface area contributed by atoms with E-state index in [9.17, 15) is 24.0 Å². The van der Waals surface area contributed by atoms with Crippen molar-refractivity contribution in [1.29, 1.82) is 0 Å². The van der Waals surface area contributed by atoms with Gasteiger partial charge in [-0.1, -0.05) is 45.9 Å². The number of carbonyl (C=O) groups excluding carboxylic acids is 3. The summed E-state index contributed by atoms with van der Waals surface area (Å²) >= 11 is 0. The van der Waals surface area contributed by atoms with E-state index in [-0.39, 0.29) is 24.2 Å². The minimum atomic E-state index is -1.01. The van der Waals surface area contributed by atoms with Crippen LogP contribution in [0, 0.1) is 11.8 Å². The van der Waals surface area contributed by atoms with Crippen LogP contribution < -0.4 is 22.3 Å². The molecule has 0 saturated carbocycles. The fourth-order valence-electron chi connectivity index (χ4n) is 3.20. The summed E-state index contributed by atoms with van der Waals surface area (Å²) in [6.45, 7) is 6.59. The SMILES string of the molecule is CC(C)Cn1c(N)c(C(=O)COC(=O)C(NC(=O)c2ccccc2)C(C)C)c(=O)n(C)c1=O. The van der Waals surface area contributed by atoms with Gasteiger partial charge >= 0.3 is 11.7 Å². The first kappa shape index (κ1) is 25.6. The van der Waals surface area contributed by atoms with Crippen molar-refractivity contribution in [3.8, 4) is 0 Å². The molecule has 2 aromatic rings. The van der Waals surface area contributed by atoms with Gasteiger partial charge in [0.2, 0.25) is 5.78 Å². The van der Waals surface area contributed by atoms with Gasteiger partial charge in [0.05, 0.1) is 0 Å². The maximum atomic E-state index is 12.8. The quantitative estimate of drug-likeness (QED) is 0.421. The summed E-state index contributed by atoms with van der Waals surface area (Å²) in [6, 6.07) is 7.34. The molecule has 3 N–H and O–H groups in total. The van der Waals surface area contributed by atoms with Gasteiger partial charge in [-0.2, -0.15) is 0 Å². The van der Waals surface area contributed by atoms with E-state index in [2.05, 4.69) is 5.32 Å². The molecular formula is C23H30N4O6. The topological polar surface area (TPSA) is 142 Å². The number of nitrogens with zero attached hydrogens (tertiary/aromatic N) is 2. The van der Waals surface area contributed by atoms with Crippen molar-refractivity contribution in [2.75, 3.05) is 12.3 Å². The summed E-state index contributed by atoms with van der Waals surface area (Å²) in [7, 11) is 1.25. The molecule has 2 rings (SSSR count). The average Bonchev–Trinajstić information content (AvgIpc) is 2.77. The van der Waals surface area contributed by atoms with Gasteiger partial charge in [0.15, 0.2) is 6.61 Å². The number of Topliss-reactive ketones (excluding diaryl/α,β-unsaturated/α-hetero) is 1. The lowest BCUT2D eigenvalue weighted by Gasteiger charge is -2.21. The summed E-state index contributed by atoms with van der Waals surface area (Å²) < 4.78 is 7.07. The predicted molar refractivity (Wildman–Crippen MR) is 123 cm³/mol. The van der Waals surface area contributed by atoms with Crippen molar-refractivity contribution < 1.29 is 19.1 Å². The number of nitrogens with one attached hydrogen (secondary N) is 1. The van der Waals surface area contributed by atoms with Crippen molar-refractivity contribution in [2.45, 2.75) is 40.3 Å². The van der Waals surface area contributed by atoms with E-state index in [0.717, 1.165) is 9.13 Å². The number of aromatic nitrogens is 2. The van der Waals surface area contributed by atoms with Crippen LogP contribution in [-0.4, -0.2) is 39.4 Å². The molecule has 178 valence electrons. The maximum absolute atomic E-state index is 12.8. The van der Waals surface area contributed by atoms with E-state index in [1.54, 1.807) is 44.2 Å². The Morgan fingerprint density at radius 2 is 1.67 bits per heavy atom. The highest BCUT2D eigenvalue weighted by Gasteiger charge is 2.28. The fraction of sp³-hybridized carbons (Fsp3) is 0.435. The van der Waals surface area contributed by atoms with Crippen LogP contribution >= 0.6 is 0 Å². The highest BCUT2D eigenvalue weighted by Crippen LogP contribution is 2.11. The molecule has 1 aromatic heterocycles. The first-order chi connectivity index (χ1) is 15.5. The third-order valence-corrected chi connectivity index (χ3v) is 5.00. The Labute approximate surface area is 191 Å². The summed E-state index contributed by atoms with van der Waals surface area (Å²) in [5, 5.41) is 2.61. The Bertz CT molecular complexity index is 1150.